The van der Waals surface area contributed by atoms with Gasteiger partial charge in [0, 0.05) is 19.5 Å². The molecule has 0 bridgehead atoms. The summed E-state index contributed by atoms with van der Waals surface area (Å²) in [5.41, 5.74) is 5.60. The number of hydrogen-bond donors (Lipinski definition) is 1. The maximum atomic E-state index is 5.60. The van der Waals surface area contributed by atoms with Crippen molar-refractivity contribution in [2.45, 2.75) is 20.3 Å². The third-order valence-corrected chi connectivity index (χ3v) is 2.14. The van der Waals surface area contributed by atoms with E-state index in [2.05, 4.69) is 20.9 Å². The first-order chi connectivity index (χ1) is 8.21. The molecule has 92 valence electrons. The lowest BCUT2D eigenvalue weighted by molar-refractivity contribution is 0.300. The molecular weight excluding hydrogens is 218 g/mol. The number of anilines is 2. The van der Waals surface area contributed by atoms with Crippen LogP contribution in [0.15, 0.2) is 0 Å². The average Bonchev–Trinajstić information content (AvgIpc) is 2.30. The third kappa shape index (κ3) is 3.79. The quantitative estimate of drug-likeness (QED) is 0.578. The van der Waals surface area contributed by atoms with Gasteiger partial charge in [0.2, 0.25) is 11.9 Å². The molecule has 0 atom stereocenters. The van der Waals surface area contributed by atoms with E-state index in [1.54, 1.807) is 0 Å². The van der Waals surface area contributed by atoms with E-state index in [-0.39, 0.29) is 12.0 Å². The van der Waals surface area contributed by atoms with Crippen molar-refractivity contribution in [2.24, 2.45) is 0 Å². The predicted molar refractivity (Wildman–Crippen MR) is 66.7 cm³/mol. The summed E-state index contributed by atoms with van der Waals surface area (Å²) in [4.78, 5) is 14.1. The van der Waals surface area contributed by atoms with Gasteiger partial charge in [-0.25, -0.2) is 0 Å². The molecule has 0 saturated carbocycles. The minimum atomic E-state index is 0.151. The smallest absolute Gasteiger partial charge is 0.323 e. The molecule has 0 amide bonds. The summed E-state index contributed by atoms with van der Waals surface area (Å²) in [5.74, 6) is 3.15. The number of nitrogen functional groups attached to an aromatic ring is 1. The third-order valence-electron chi connectivity index (χ3n) is 2.14. The normalized spacial score (nSPS) is 9.71. The van der Waals surface area contributed by atoms with Gasteiger partial charge in [-0.3, -0.25) is 0 Å². The maximum absolute atomic E-state index is 5.60. The van der Waals surface area contributed by atoms with Crippen molar-refractivity contribution in [2.75, 3.05) is 30.3 Å². The first kappa shape index (κ1) is 13.0. The van der Waals surface area contributed by atoms with Crippen LogP contribution in [-0.4, -0.2) is 34.6 Å². The van der Waals surface area contributed by atoms with Gasteiger partial charge in [0.15, 0.2) is 0 Å². The Balaban J connectivity index is 2.82. The lowest BCUT2D eigenvalue weighted by Gasteiger charge is -2.18. The van der Waals surface area contributed by atoms with Crippen LogP contribution in [-0.2, 0) is 0 Å². The highest BCUT2D eigenvalue weighted by Crippen LogP contribution is 2.13. The topological polar surface area (TPSA) is 77.2 Å². The van der Waals surface area contributed by atoms with E-state index in [4.69, 9.17) is 16.9 Å². The summed E-state index contributed by atoms with van der Waals surface area (Å²) in [7, 11) is 0. The largest absolute Gasteiger partial charge is 0.462 e. The van der Waals surface area contributed by atoms with E-state index in [0.29, 0.717) is 19.0 Å². The van der Waals surface area contributed by atoms with Crippen molar-refractivity contribution >= 4 is 11.9 Å². The predicted octanol–water partition coefficient (Wildman–Crippen LogP) is 0.702. The second kappa shape index (κ2) is 6.53. The van der Waals surface area contributed by atoms with E-state index in [1.807, 2.05) is 18.7 Å². The molecule has 0 fully saturated rings. The van der Waals surface area contributed by atoms with Crippen molar-refractivity contribution in [3.05, 3.63) is 0 Å². The van der Waals surface area contributed by atoms with Gasteiger partial charge in [0.1, 0.15) is 6.61 Å². The molecule has 6 nitrogen and oxygen atoms in total. The zero-order chi connectivity index (χ0) is 12.7. The lowest BCUT2D eigenvalue weighted by atomic mass is 10.5. The van der Waals surface area contributed by atoms with Crippen LogP contribution in [0.4, 0.5) is 11.9 Å². The molecule has 1 rings (SSSR count). The molecule has 0 aliphatic carbocycles. The lowest BCUT2D eigenvalue weighted by Crippen LogP contribution is -2.25. The number of nitrogens with zero attached hydrogens (tertiary/aromatic N) is 4. The molecule has 0 aliphatic heterocycles. The summed E-state index contributed by atoms with van der Waals surface area (Å²) in [6.45, 7) is 6.00. The zero-order valence-corrected chi connectivity index (χ0v) is 10.2. The summed E-state index contributed by atoms with van der Waals surface area (Å²) in [5, 5.41) is 0. The Bertz CT molecular complexity index is 397. The van der Waals surface area contributed by atoms with Crippen LogP contribution >= 0.6 is 0 Å². The number of ether oxygens (including phenoxy) is 1. The Morgan fingerprint density at radius 2 is 2.00 bits per heavy atom. The SMILES string of the molecule is C#CCCOc1nc(N)nc(N(CC)CC)n1. The highest BCUT2D eigenvalue weighted by atomic mass is 16.5. The minimum absolute atomic E-state index is 0.151. The van der Waals surface area contributed by atoms with Crippen molar-refractivity contribution in [1.29, 1.82) is 0 Å². The van der Waals surface area contributed by atoms with E-state index >= 15 is 0 Å². The minimum Gasteiger partial charge on any atom is -0.462 e. The van der Waals surface area contributed by atoms with Crippen LogP contribution in [0.1, 0.15) is 20.3 Å². The molecule has 0 spiro atoms. The van der Waals surface area contributed by atoms with Gasteiger partial charge in [-0.2, -0.15) is 15.0 Å². The van der Waals surface area contributed by atoms with E-state index in [0.717, 1.165) is 13.1 Å². The number of rotatable bonds is 6. The highest BCUT2D eigenvalue weighted by molar-refractivity contribution is 5.35. The number of hydrogen-bond acceptors (Lipinski definition) is 6. The van der Waals surface area contributed by atoms with Crippen LogP contribution in [0.25, 0.3) is 0 Å². The Kier molecular flexibility index (Phi) is 5.01. The number of nitrogens with two attached hydrogens (primary N) is 1. The van der Waals surface area contributed by atoms with Crippen LogP contribution < -0.4 is 15.4 Å². The second-order valence-electron chi connectivity index (χ2n) is 3.25. The fraction of sp³-hybridized carbons (Fsp3) is 0.545. The maximum Gasteiger partial charge on any atom is 0.323 e. The monoisotopic (exact) mass is 235 g/mol. The molecule has 17 heavy (non-hydrogen) atoms. The zero-order valence-electron chi connectivity index (χ0n) is 10.2. The Labute approximate surface area is 101 Å². The van der Waals surface area contributed by atoms with Crippen LogP contribution in [0, 0.1) is 12.3 Å². The molecule has 1 aromatic rings. The molecule has 6 heteroatoms. The first-order valence-electron chi connectivity index (χ1n) is 5.54. The first-order valence-corrected chi connectivity index (χ1v) is 5.54. The summed E-state index contributed by atoms with van der Waals surface area (Å²) in [6.07, 6.45) is 5.63. The van der Waals surface area contributed by atoms with Crippen molar-refractivity contribution in [1.82, 2.24) is 15.0 Å². The molecule has 0 saturated heterocycles. The fourth-order valence-corrected chi connectivity index (χ4v) is 1.27. The Morgan fingerprint density at radius 3 is 2.59 bits per heavy atom. The second-order valence-corrected chi connectivity index (χ2v) is 3.25. The molecule has 1 aromatic heterocycles. The van der Waals surface area contributed by atoms with Gasteiger partial charge in [0.05, 0.1) is 0 Å². The average molecular weight is 235 g/mol. The summed E-state index contributed by atoms with van der Waals surface area (Å²) >= 11 is 0. The van der Waals surface area contributed by atoms with E-state index < -0.39 is 0 Å². The highest BCUT2D eigenvalue weighted by Gasteiger charge is 2.10. The van der Waals surface area contributed by atoms with Crippen LogP contribution in [0.3, 0.4) is 0 Å². The van der Waals surface area contributed by atoms with Gasteiger partial charge in [-0.1, -0.05) is 0 Å². The van der Waals surface area contributed by atoms with Gasteiger partial charge >= 0.3 is 6.01 Å². The van der Waals surface area contributed by atoms with Crippen molar-refractivity contribution in [3.63, 3.8) is 0 Å². The summed E-state index contributed by atoms with van der Waals surface area (Å²) in [6, 6.07) is 0.217. The van der Waals surface area contributed by atoms with E-state index in [1.165, 1.54) is 0 Å². The van der Waals surface area contributed by atoms with Gasteiger partial charge in [-0.05, 0) is 13.8 Å². The van der Waals surface area contributed by atoms with Gasteiger partial charge < -0.3 is 15.4 Å². The Morgan fingerprint density at radius 1 is 1.29 bits per heavy atom. The summed E-state index contributed by atoms with van der Waals surface area (Å²) < 4.78 is 5.30. The van der Waals surface area contributed by atoms with Crippen LogP contribution in [0.2, 0.25) is 0 Å². The van der Waals surface area contributed by atoms with Gasteiger partial charge in [0.25, 0.3) is 0 Å². The molecule has 2 N–H and O–H groups in total. The molecule has 0 aliphatic rings. The Hall–Kier alpha value is -2.03. The molecule has 0 aromatic carbocycles. The van der Waals surface area contributed by atoms with Gasteiger partial charge in [-0.15, -0.1) is 12.3 Å². The van der Waals surface area contributed by atoms with E-state index in [9.17, 15) is 0 Å². The van der Waals surface area contributed by atoms with Crippen molar-refractivity contribution in [3.8, 4) is 18.4 Å². The molecular formula is C11H17N5O. The molecule has 1 heterocycles. The molecule has 0 radical (unpaired) electrons. The van der Waals surface area contributed by atoms with Crippen LogP contribution in [0.5, 0.6) is 6.01 Å². The number of aromatic nitrogens is 3. The number of terminal acetylenes is 1. The molecule has 0 unspecified atom stereocenters. The fourth-order valence-electron chi connectivity index (χ4n) is 1.27. The standard InChI is InChI=1S/C11H17N5O/c1-4-7-8-17-11-14-9(12)13-10(15-11)16(5-2)6-3/h1H,5-8H2,2-3H3,(H2,12,13,14,15). The van der Waals surface area contributed by atoms with Crippen molar-refractivity contribution < 1.29 is 4.74 Å².